The van der Waals surface area contributed by atoms with Crippen LogP contribution in [0.25, 0.3) is 0 Å². The summed E-state index contributed by atoms with van der Waals surface area (Å²) in [6.07, 6.45) is 3.50. The van der Waals surface area contributed by atoms with Crippen LogP contribution in [0, 0.1) is 17.2 Å². The molecule has 1 fully saturated rings. The summed E-state index contributed by atoms with van der Waals surface area (Å²) in [6, 6.07) is 5.46. The second kappa shape index (κ2) is 4.28. The van der Waals surface area contributed by atoms with Gasteiger partial charge in [0, 0.05) is 12.7 Å². The van der Waals surface area contributed by atoms with Gasteiger partial charge in [-0.05, 0) is 30.9 Å². The van der Waals surface area contributed by atoms with Gasteiger partial charge in [0.2, 0.25) is 0 Å². The van der Waals surface area contributed by atoms with Crippen LogP contribution in [-0.2, 0) is 0 Å². The van der Waals surface area contributed by atoms with Crippen molar-refractivity contribution in [1.82, 2.24) is 4.98 Å². The van der Waals surface area contributed by atoms with Crippen molar-refractivity contribution in [2.45, 2.75) is 18.9 Å². The number of aliphatic hydroxyl groups is 1. The molecule has 1 aromatic rings. The zero-order chi connectivity index (χ0) is 10.7. The van der Waals surface area contributed by atoms with Crippen molar-refractivity contribution >= 4 is 5.82 Å². The van der Waals surface area contributed by atoms with Crippen molar-refractivity contribution in [2.24, 2.45) is 5.92 Å². The minimum absolute atomic E-state index is 0.276. The van der Waals surface area contributed by atoms with E-state index in [0.717, 1.165) is 12.8 Å². The Bertz CT molecular complexity index is 364. The molecule has 1 unspecified atom stereocenters. The number of aliphatic hydroxyl groups excluding tert-OH is 1. The molecule has 1 aliphatic rings. The first-order chi connectivity index (χ1) is 7.29. The third kappa shape index (κ3) is 2.67. The van der Waals surface area contributed by atoms with Crippen LogP contribution in [-0.4, -0.2) is 22.7 Å². The van der Waals surface area contributed by atoms with E-state index in [2.05, 4.69) is 10.3 Å². The van der Waals surface area contributed by atoms with Crippen LogP contribution in [0.5, 0.6) is 0 Å². The van der Waals surface area contributed by atoms with Gasteiger partial charge in [0.1, 0.15) is 11.9 Å². The average molecular weight is 203 g/mol. The standard InChI is InChI=1S/C11H13N3O/c12-5-8-1-4-11(13-6-8)14-7-10(15)9-2-3-9/h1,4,6,9-10,15H,2-3,7H2,(H,13,14). The molecule has 0 aromatic carbocycles. The van der Waals surface area contributed by atoms with Crippen molar-refractivity contribution in [2.75, 3.05) is 11.9 Å². The predicted molar refractivity (Wildman–Crippen MR) is 56.2 cm³/mol. The van der Waals surface area contributed by atoms with Gasteiger partial charge in [-0.2, -0.15) is 5.26 Å². The second-order valence-corrected chi connectivity index (χ2v) is 3.83. The van der Waals surface area contributed by atoms with Crippen LogP contribution in [0.1, 0.15) is 18.4 Å². The fourth-order valence-corrected chi connectivity index (χ4v) is 1.42. The van der Waals surface area contributed by atoms with Gasteiger partial charge >= 0.3 is 0 Å². The van der Waals surface area contributed by atoms with Crippen molar-refractivity contribution in [1.29, 1.82) is 5.26 Å². The Morgan fingerprint density at radius 1 is 1.60 bits per heavy atom. The Hall–Kier alpha value is -1.60. The SMILES string of the molecule is N#Cc1ccc(NCC(O)C2CC2)nc1. The van der Waals surface area contributed by atoms with Gasteiger partial charge in [0.25, 0.3) is 0 Å². The number of rotatable bonds is 4. The van der Waals surface area contributed by atoms with Gasteiger partial charge in [-0.15, -0.1) is 0 Å². The monoisotopic (exact) mass is 203 g/mol. The third-order valence-corrected chi connectivity index (χ3v) is 2.55. The van der Waals surface area contributed by atoms with Crippen molar-refractivity contribution in [3.05, 3.63) is 23.9 Å². The molecule has 1 aliphatic carbocycles. The molecule has 4 heteroatoms. The summed E-state index contributed by atoms with van der Waals surface area (Å²) in [5, 5.41) is 21.2. The number of pyridine rings is 1. The summed E-state index contributed by atoms with van der Waals surface area (Å²) in [7, 11) is 0. The minimum Gasteiger partial charge on any atom is -0.391 e. The molecule has 0 radical (unpaired) electrons. The Labute approximate surface area is 88.6 Å². The van der Waals surface area contributed by atoms with Gasteiger partial charge in [-0.1, -0.05) is 0 Å². The lowest BCUT2D eigenvalue weighted by Gasteiger charge is -2.10. The quantitative estimate of drug-likeness (QED) is 0.769. The number of aromatic nitrogens is 1. The third-order valence-electron chi connectivity index (χ3n) is 2.55. The van der Waals surface area contributed by atoms with Crippen molar-refractivity contribution < 1.29 is 5.11 Å². The van der Waals surface area contributed by atoms with E-state index < -0.39 is 0 Å². The maximum absolute atomic E-state index is 9.61. The molecule has 78 valence electrons. The highest BCUT2D eigenvalue weighted by Gasteiger charge is 2.29. The number of anilines is 1. The van der Waals surface area contributed by atoms with Crippen LogP contribution >= 0.6 is 0 Å². The van der Waals surface area contributed by atoms with Gasteiger partial charge in [-0.25, -0.2) is 4.98 Å². The molecule has 0 saturated heterocycles. The Kier molecular flexibility index (Phi) is 2.84. The number of hydrogen-bond donors (Lipinski definition) is 2. The molecule has 1 aromatic heterocycles. The predicted octanol–water partition coefficient (Wildman–Crippen LogP) is 1.14. The lowest BCUT2D eigenvalue weighted by molar-refractivity contribution is 0.164. The topological polar surface area (TPSA) is 68.9 Å². The van der Waals surface area contributed by atoms with Crippen LogP contribution in [0.15, 0.2) is 18.3 Å². The average Bonchev–Trinajstić information content (AvgIpc) is 3.10. The van der Waals surface area contributed by atoms with Crippen LogP contribution in [0.4, 0.5) is 5.82 Å². The van der Waals surface area contributed by atoms with Gasteiger partial charge in [0.15, 0.2) is 0 Å². The number of hydrogen-bond acceptors (Lipinski definition) is 4. The zero-order valence-electron chi connectivity index (χ0n) is 8.35. The normalized spacial score (nSPS) is 16.8. The number of nitrogens with zero attached hydrogens (tertiary/aromatic N) is 2. The van der Waals surface area contributed by atoms with Gasteiger partial charge < -0.3 is 10.4 Å². The highest BCUT2D eigenvalue weighted by atomic mass is 16.3. The van der Waals surface area contributed by atoms with E-state index in [1.54, 1.807) is 12.1 Å². The molecule has 0 aliphatic heterocycles. The smallest absolute Gasteiger partial charge is 0.126 e. The molecule has 1 atom stereocenters. The Balaban J connectivity index is 1.85. The first kappa shape index (κ1) is 9.94. The molecule has 15 heavy (non-hydrogen) atoms. The fraction of sp³-hybridized carbons (Fsp3) is 0.455. The zero-order valence-corrected chi connectivity index (χ0v) is 8.35. The van der Waals surface area contributed by atoms with Gasteiger partial charge in [-0.3, -0.25) is 0 Å². The fourth-order valence-electron chi connectivity index (χ4n) is 1.42. The van der Waals surface area contributed by atoms with E-state index in [4.69, 9.17) is 5.26 Å². The maximum atomic E-state index is 9.61. The van der Waals surface area contributed by atoms with E-state index in [9.17, 15) is 5.11 Å². The molecule has 2 N–H and O–H groups in total. The van der Waals surface area contributed by atoms with Crippen LogP contribution in [0.2, 0.25) is 0 Å². The summed E-state index contributed by atoms with van der Waals surface area (Å²) in [5.41, 5.74) is 0.545. The molecule has 2 rings (SSSR count). The van der Waals surface area contributed by atoms with Crippen molar-refractivity contribution in [3.8, 4) is 6.07 Å². The molecular formula is C11H13N3O. The van der Waals surface area contributed by atoms with Gasteiger partial charge in [0.05, 0.1) is 11.7 Å². The van der Waals surface area contributed by atoms with E-state index in [-0.39, 0.29) is 6.10 Å². The summed E-state index contributed by atoms with van der Waals surface area (Å²) in [4.78, 5) is 4.06. The van der Waals surface area contributed by atoms with E-state index in [0.29, 0.717) is 23.8 Å². The molecule has 1 saturated carbocycles. The minimum atomic E-state index is -0.276. The summed E-state index contributed by atoms with van der Waals surface area (Å²) in [6.45, 7) is 0.531. The maximum Gasteiger partial charge on any atom is 0.126 e. The molecule has 1 heterocycles. The van der Waals surface area contributed by atoms with Crippen LogP contribution in [0.3, 0.4) is 0 Å². The second-order valence-electron chi connectivity index (χ2n) is 3.83. The first-order valence-electron chi connectivity index (χ1n) is 5.07. The van der Waals surface area contributed by atoms with Crippen molar-refractivity contribution in [3.63, 3.8) is 0 Å². The molecular weight excluding hydrogens is 190 g/mol. The molecule has 0 spiro atoms. The highest BCUT2D eigenvalue weighted by Crippen LogP contribution is 2.32. The summed E-state index contributed by atoms with van der Waals surface area (Å²) in [5.74, 6) is 1.17. The van der Waals surface area contributed by atoms with E-state index >= 15 is 0 Å². The Morgan fingerprint density at radius 2 is 2.40 bits per heavy atom. The number of nitriles is 1. The lowest BCUT2D eigenvalue weighted by atomic mass is 10.2. The summed E-state index contributed by atoms with van der Waals surface area (Å²) < 4.78 is 0. The molecule has 4 nitrogen and oxygen atoms in total. The lowest BCUT2D eigenvalue weighted by Crippen LogP contribution is -2.21. The molecule has 0 bridgehead atoms. The first-order valence-corrected chi connectivity index (χ1v) is 5.07. The van der Waals surface area contributed by atoms with E-state index in [1.807, 2.05) is 6.07 Å². The van der Waals surface area contributed by atoms with E-state index in [1.165, 1.54) is 6.20 Å². The molecule has 0 amide bonds. The largest absolute Gasteiger partial charge is 0.391 e. The Morgan fingerprint density at radius 3 is 2.93 bits per heavy atom. The number of nitrogens with one attached hydrogen (secondary N) is 1. The summed E-state index contributed by atoms with van der Waals surface area (Å²) >= 11 is 0. The van der Waals surface area contributed by atoms with Crippen LogP contribution < -0.4 is 5.32 Å². The highest BCUT2D eigenvalue weighted by molar-refractivity contribution is 5.38.